The predicted molar refractivity (Wildman–Crippen MR) is 93.7 cm³/mol. The topological polar surface area (TPSA) is 36.4 Å². The molecule has 0 amide bonds. The fourth-order valence-electron chi connectivity index (χ4n) is 2.92. The van der Waals surface area contributed by atoms with Crippen molar-refractivity contribution in [3.05, 3.63) is 29.6 Å². The third-order valence-corrected chi connectivity index (χ3v) is 4.39. The molecule has 1 saturated heterocycles. The Morgan fingerprint density at radius 2 is 1.82 bits per heavy atom. The van der Waals surface area contributed by atoms with Crippen LogP contribution in [-0.4, -0.2) is 28.1 Å². The molecule has 0 aromatic carbocycles. The van der Waals surface area contributed by atoms with Crippen LogP contribution in [0.2, 0.25) is 0 Å². The van der Waals surface area contributed by atoms with Gasteiger partial charge < -0.3 is 5.11 Å². The molecule has 0 radical (unpaired) electrons. The van der Waals surface area contributed by atoms with Gasteiger partial charge in [0.05, 0.1) is 11.4 Å². The zero-order valence-electron chi connectivity index (χ0n) is 15.3. The normalized spacial score (nSPS) is 17.3. The summed E-state index contributed by atoms with van der Waals surface area (Å²) in [6, 6.07) is 5.95. The van der Waals surface area contributed by atoms with Crippen LogP contribution in [0.4, 0.5) is 0 Å². The van der Waals surface area contributed by atoms with Crippen LogP contribution in [0.15, 0.2) is 18.2 Å². The maximum Gasteiger partial charge on any atom is 0.101 e. The molecule has 3 heteroatoms. The number of nitrogens with zero attached hydrogens (tertiary/aromatic N) is 2. The largest absolute Gasteiger partial charge is 0.384 e. The van der Waals surface area contributed by atoms with Gasteiger partial charge in [0.15, 0.2) is 0 Å². The number of pyridine rings is 1. The minimum atomic E-state index is -0.860. The van der Waals surface area contributed by atoms with E-state index in [1.807, 2.05) is 26.0 Å². The van der Waals surface area contributed by atoms with Gasteiger partial charge in [-0.25, -0.2) is 0 Å². The summed E-state index contributed by atoms with van der Waals surface area (Å²) in [6.45, 7) is 15.5. The first-order chi connectivity index (χ1) is 10.4. The lowest BCUT2D eigenvalue weighted by molar-refractivity contribution is 0.0732. The molecule has 1 fully saturated rings. The van der Waals surface area contributed by atoms with Crippen molar-refractivity contribution in [2.45, 2.75) is 66.5 Å². The number of hydrogen-bond acceptors (Lipinski definition) is 3. The first kappa shape index (κ1) is 19.1. The van der Waals surface area contributed by atoms with Gasteiger partial charge in [0.1, 0.15) is 5.60 Å². The van der Waals surface area contributed by atoms with Crippen molar-refractivity contribution in [2.75, 3.05) is 13.1 Å². The second-order valence-electron chi connectivity index (χ2n) is 6.93. The van der Waals surface area contributed by atoms with Crippen LogP contribution in [0.3, 0.4) is 0 Å². The molecule has 1 aliphatic rings. The number of rotatable bonds is 4. The Balaban J connectivity index is 0.00000116. The molecule has 0 unspecified atom stereocenters. The van der Waals surface area contributed by atoms with Crippen LogP contribution in [0, 0.1) is 11.8 Å². The molecule has 0 aliphatic carbocycles. The molecular weight excluding hydrogens is 272 g/mol. The van der Waals surface area contributed by atoms with Crippen molar-refractivity contribution in [1.82, 2.24) is 9.88 Å². The van der Waals surface area contributed by atoms with Crippen molar-refractivity contribution < 1.29 is 5.11 Å². The van der Waals surface area contributed by atoms with Crippen molar-refractivity contribution >= 4 is 0 Å². The number of aromatic nitrogens is 1. The molecule has 0 spiro atoms. The summed E-state index contributed by atoms with van der Waals surface area (Å²) in [4.78, 5) is 7.08. The Labute approximate surface area is 136 Å². The fourth-order valence-corrected chi connectivity index (χ4v) is 2.92. The SMILES string of the molecule is CC.CC(C)C1CCN(Cc2cccc(C(C)(C)O)n2)CC1. The van der Waals surface area contributed by atoms with Crippen LogP contribution in [0.1, 0.15) is 65.8 Å². The highest BCUT2D eigenvalue weighted by molar-refractivity contribution is 5.15. The number of aliphatic hydroxyl groups is 1. The summed E-state index contributed by atoms with van der Waals surface area (Å²) in [5, 5.41) is 10.0. The van der Waals surface area contributed by atoms with E-state index in [9.17, 15) is 5.11 Å². The van der Waals surface area contributed by atoms with Gasteiger partial charge in [-0.05, 0) is 63.7 Å². The van der Waals surface area contributed by atoms with Gasteiger partial charge in [0.25, 0.3) is 0 Å². The van der Waals surface area contributed by atoms with Gasteiger partial charge in [-0.3, -0.25) is 9.88 Å². The quantitative estimate of drug-likeness (QED) is 0.905. The summed E-state index contributed by atoms with van der Waals surface area (Å²) < 4.78 is 0. The zero-order chi connectivity index (χ0) is 16.8. The molecular formula is C19H34N2O. The third-order valence-electron chi connectivity index (χ3n) is 4.39. The second-order valence-corrected chi connectivity index (χ2v) is 6.93. The molecule has 0 atom stereocenters. The minimum Gasteiger partial charge on any atom is -0.384 e. The summed E-state index contributed by atoms with van der Waals surface area (Å²) in [5.74, 6) is 1.68. The molecule has 126 valence electrons. The number of hydrogen-bond donors (Lipinski definition) is 1. The van der Waals surface area contributed by atoms with E-state index in [0.717, 1.165) is 42.9 Å². The lowest BCUT2D eigenvalue weighted by atomic mass is 9.87. The Hall–Kier alpha value is -0.930. The summed E-state index contributed by atoms with van der Waals surface area (Å²) >= 11 is 0. The highest BCUT2D eigenvalue weighted by atomic mass is 16.3. The first-order valence-corrected chi connectivity index (χ1v) is 8.77. The summed E-state index contributed by atoms with van der Waals surface area (Å²) in [5.41, 5.74) is 0.959. The average Bonchev–Trinajstić information content (AvgIpc) is 2.49. The van der Waals surface area contributed by atoms with Gasteiger partial charge in [-0.2, -0.15) is 0 Å². The Morgan fingerprint density at radius 1 is 1.23 bits per heavy atom. The zero-order valence-corrected chi connectivity index (χ0v) is 15.3. The molecule has 2 rings (SSSR count). The molecule has 0 saturated carbocycles. The molecule has 1 aromatic rings. The Bertz CT molecular complexity index is 429. The van der Waals surface area contributed by atoms with Gasteiger partial charge in [-0.1, -0.05) is 33.8 Å². The number of piperidine rings is 1. The standard InChI is InChI=1S/C17H28N2O.C2H6/c1-13(2)14-8-10-19(11-9-14)12-15-6-5-7-16(18-15)17(3,4)20;1-2/h5-7,13-14,20H,8-12H2,1-4H3;1-2H3. The van der Waals surface area contributed by atoms with E-state index in [1.54, 1.807) is 13.8 Å². The van der Waals surface area contributed by atoms with Crippen LogP contribution in [0.25, 0.3) is 0 Å². The van der Waals surface area contributed by atoms with E-state index in [0.29, 0.717) is 0 Å². The number of likely N-dealkylation sites (tertiary alicyclic amines) is 1. The fraction of sp³-hybridized carbons (Fsp3) is 0.737. The highest BCUT2D eigenvalue weighted by Gasteiger charge is 2.22. The van der Waals surface area contributed by atoms with Crippen LogP contribution in [-0.2, 0) is 12.1 Å². The molecule has 22 heavy (non-hydrogen) atoms. The molecule has 1 aromatic heterocycles. The average molecular weight is 306 g/mol. The Morgan fingerprint density at radius 3 is 2.32 bits per heavy atom. The van der Waals surface area contributed by atoms with Crippen LogP contribution in [0.5, 0.6) is 0 Å². The van der Waals surface area contributed by atoms with Gasteiger partial charge in [-0.15, -0.1) is 0 Å². The maximum absolute atomic E-state index is 10.0. The second kappa shape index (κ2) is 8.64. The maximum atomic E-state index is 10.0. The smallest absolute Gasteiger partial charge is 0.101 e. The van der Waals surface area contributed by atoms with E-state index in [1.165, 1.54) is 12.8 Å². The van der Waals surface area contributed by atoms with Crippen LogP contribution >= 0.6 is 0 Å². The van der Waals surface area contributed by atoms with Crippen molar-refractivity contribution in [3.63, 3.8) is 0 Å². The molecule has 3 nitrogen and oxygen atoms in total. The van der Waals surface area contributed by atoms with Crippen molar-refractivity contribution in [2.24, 2.45) is 11.8 Å². The summed E-state index contributed by atoms with van der Waals surface area (Å²) in [7, 11) is 0. The molecule has 2 heterocycles. The summed E-state index contributed by atoms with van der Waals surface area (Å²) in [6.07, 6.45) is 2.59. The van der Waals surface area contributed by atoms with E-state index >= 15 is 0 Å². The lowest BCUT2D eigenvalue weighted by Crippen LogP contribution is -2.35. The third kappa shape index (κ3) is 5.69. The first-order valence-electron chi connectivity index (χ1n) is 8.77. The van der Waals surface area contributed by atoms with E-state index in [2.05, 4.69) is 29.8 Å². The van der Waals surface area contributed by atoms with Gasteiger partial charge in [0.2, 0.25) is 0 Å². The molecule has 1 N–H and O–H groups in total. The van der Waals surface area contributed by atoms with Crippen LogP contribution < -0.4 is 0 Å². The van der Waals surface area contributed by atoms with Gasteiger partial charge >= 0.3 is 0 Å². The Kier molecular flexibility index (Phi) is 7.51. The van der Waals surface area contributed by atoms with E-state index in [4.69, 9.17) is 0 Å². The monoisotopic (exact) mass is 306 g/mol. The van der Waals surface area contributed by atoms with Crippen molar-refractivity contribution in [3.8, 4) is 0 Å². The molecule has 1 aliphatic heterocycles. The van der Waals surface area contributed by atoms with E-state index < -0.39 is 5.60 Å². The van der Waals surface area contributed by atoms with E-state index in [-0.39, 0.29) is 0 Å². The predicted octanol–water partition coefficient (Wildman–Crippen LogP) is 4.20. The molecule has 0 bridgehead atoms. The van der Waals surface area contributed by atoms with Crippen molar-refractivity contribution in [1.29, 1.82) is 0 Å². The van der Waals surface area contributed by atoms with Gasteiger partial charge in [0, 0.05) is 6.54 Å². The highest BCUT2D eigenvalue weighted by Crippen LogP contribution is 2.25. The minimum absolute atomic E-state index is 0.757. The lowest BCUT2D eigenvalue weighted by Gasteiger charge is -2.33.